The Balaban J connectivity index is 2.00. The molecule has 1 aromatic carbocycles. The first kappa shape index (κ1) is 12.6. The number of hydrogen-bond acceptors (Lipinski definition) is 2. The fourth-order valence-corrected chi connectivity index (χ4v) is 2.64. The van der Waals surface area contributed by atoms with Crippen LogP contribution in [0.25, 0.3) is 11.0 Å². The number of aryl methyl sites for hydroxylation is 2. The third kappa shape index (κ3) is 2.35. The van der Waals surface area contributed by atoms with Crippen molar-refractivity contribution in [1.29, 1.82) is 0 Å². The van der Waals surface area contributed by atoms with Crippen molar-refractivity contribution in [3.63, 3.8) is 0 Å². The van der Waals surface area contributed by atoms with E-state index in [1.807, 2.05) is 21.5 Å². The van der Waals surface area contributed by atoms with Gasteiger partial charge in [-0.1, -0.05) is 0 Å². The number of nitrogens with one attached hydrogen (secondary N) is 1. The third-order valence-corrected chi connectivity index (χ3v) is 3.86. The van der Waals surface area contributed by atoms with E-state index in [0.717, 1.165) is 5.52 Å². The van der Waals surface area contributed by atoms with Crippen LogP contribution in [0.3, 0.4) is 0 Å². The van der Waals surface area contributed by atoms with Crippen LogP contribution in [0.15, 0.2) is 35.1 Å². The van der Waals surface area contributed by atoms with Gasteiger partial charge in [-0.2, -0.15) is 5.10 Å². The number of nitrogens with zero attached hydrogens (tertiary/aromatic N) is 3. The molecule has 0 spiro atoms. The van der Waals surface area contributed by atoms with Crippen molar-refractivity contribution in [1.82, 2.24) is 19.3 Å². The maximum absolute atomic E-state index is 13.5. The number of fused-ring (bicyclic) bond motifs is 1. The van der Waals surface area contributed by atoms with Crippen molar-refractivity contribution in [2.75, 3.05) is 0 Å². The zero-order chi connectivity index (χ0) is 13.4. The number of rotatable bonds is 3. The molecule has 0 atom stereocenters. The molecule has 3 rings (SSSR count). The topological polar surface area (TPSA) is 38.5 Å². The minimum Gasteiger partial charge on any atom is -0.330 e. The van der Waals surface area contributed by atoms with E-state index < -0.39 is 0 Å². The molecule has 19 heavy (non-hydrogen) atoms. The van der Waals surface area contributed by atoms with Gasteiger partial charge in [0.05, 0.1) is 22.1 Å². The molecule has 2 aromatic heterocycles. The monoisotopic (exact) mass is 340 g/mol. The molecule has 0 aliphatic heterocycles. The van der Waals surface area contributed by atoms with Gasteiger partial charge in [-0.15, -0.1) is 0 Å². The van der Waals surface area contributed by atoms with Crippen molar-refractivity contribution in [2.45, 2.75) is 13.1 Å². The van der Waals surface area contributed by atoms with Crippen molar-refractivity contribution in [3.05, 3.63) is 45.7 Å². The summed E-state index contributed by atoms with van der Waals surface area (Å²) in [5, 5.41) is 4.15. The summed E-state index contributed by atoms with van der Waals surface area (Å²) < 4.78 is 18.3. The molecule has 7 heteroatoms. The van der Waals surface area contributed by atoms with Crippen LogP contribution >= 0.6 is 28.1 Å². The predicted octanol–water partition coefficient (Wildman–Crippen LogP) is 3.50. The van der Waals surface area contributed by atoms with Crippen molar-refractivity contribution >= 4 is 39.2 Å². The molecular weight excluding hydrogens is 331 g/mol. The maximum atomic E-state index is 13.5. The van der Waals surface area contributed by atoms with Crippen LogP contribution in [-0.2, 0) is 13.1 Å². The van der Waals surface area contributed by atoms with Crippen LogP contribution in [-0.4, -0.2) is 19.3 Å². The van der Waals surface area contributed by atoms with E-state index in [-0.39, 0.29) is 5.82 Å². The number of benzene rings is 1. The Kier molecular flexibility index (Phi) is 3.24. The predicted molar refractivity (Wildman–Crippen MR) is 77.0 cm³/mol. The molecule has 0 amide bonds. The lowest BCUT2D eigenvalue weighted by Gasteiger charge is -2.05. The largest absolute Gasteiger partial charge is 0.330 e. The highest BCUT2D eigenvalue weighted by molar-refractivity contribution is 9.10. The van der Waals surface area contributed by atoms with Crippen LogP contribution < -0.4 is 0 Å². The zero-order valence-electron chi connectivity index (χ0n) is 9.81. The van der Waals surface area contributed by atoms with Gasteiger partial charge < -0.3 is 9.55 Å². The fourth-order valence-electron chi connectivity index (χ4n) is 2.01. The first-order valence-electron chi connectivity index (χ1n) is 5.70. The number of imidazole rings is 1. The fraction of sp³-hybridized carbons (Fsp3) is 0.167. The van der Waals surface area contributed by atoms with Gasteiger partial charge in [0, 0.05) is 25.0 Å². The third-order valence-electron chi connectivity index (χ3n) is 2.93. The van der Waals surface area contributed by atoms with Crippen LogP contribution in [0.5, 0.6) is 0 Å². The number of H-pyrrole nitrogens is 1. The Morgan fingerprint density at radius 1 is 1.37 bits per heavy atom. The van der Waals surface area contributed by atoms with Crippen molar-refractivity contribution in [3.8, 4) is 0 Å². The first-order valence-corrected chi connectivity index (χ1v) is 6.90. The standard InChI is InChI=1S/C12H10BrFN4S/c13-8-6-11-10(7-9(8)14)16-12(19)18(11)5-4-17-3-1-2-15-17/h1-3,6-7H,4-5H2,(H,16,19). The van der Waals surface area contributed by atoms with Gasteiger partial charge in [0.25, 0.3) is 0 Å². The highest BCUT2D eigenvalue weighted by atomic mass is 79.9. The Hall–Kier alpha value is -1.47. The highest BCUT2D eigenvalue weighted by Gasteiger charge is 2.08. The number of halogens is 2. The molecule has 0 aliphatic rings. The maximum Gasteiger partial charge on any atom is 0.178 e. The molecule has 3 aromatic rings. The average molecular weight is 341 g/mol. The van der Waals surface area contributed by atoms with E-state index in [9.17, 15) is 4.39 Å². The van der Waals surface area contributed by atoms with Gasteiger partial charge in [-0.3, -0.25) is 4.68 Å². The second-order valence-corrected chi connectivity index (χ2v) is 5.38. The molecule has 98 valence electrons. The summed E-state index contributed by atoms with van der Waals surface area (Å²) in [5.41, 5.74) is 1.58. The molecule has 1 N–H and O–H groups in total. The molecule has 0 radical (unpaired) electrons. The van der Waals surface area contributed by atoms with Crippen LogP contribution in [0.4, 0.5) is 4.39 Å². The smallest absolute Gasteiger partial charge is 0.178 e. The quantitative estimate of drug-likeness (QED) is 0.741. The van der Waals surface area contributed by atoms with E-state index in [0.29, 0.717) is 27.8 Å². The minimum atomic E-state index is -0.303. The van der Waals surface area contributed by atoms with E-state index in [1.54, 1.807) is 12.3 Å². The molecule has 0 bridgehead atoms. The van der Waals surface area contributed by atoms with E-state index >= 15 is 0 Å². The van der Waals surface area contributed by atoms with Gasteiger partial charge in [0.1, 0.15) is 5.82 Å². The molecule has 0 aliphatic carbocycles. The number of hydrogen-bond donors (Lipinski definition) is 1. The summed E-state index contributed by atoms with van der Waals surface area (Å²) in [7, 11) is 0. The van der Waals surface area contributed by atoms with E-state index in [4.69, 9.17) is 12.2 Å². The van der Waals surface area contributed by atoms with Gasteiger partial charge >= 0.3 is 0 Å². The highest BCUT2D eigenvalue weighted by Crippen LogP contribution is 2.23. The van der Waals surface area contributed by atoms with Gasteiger partial charge in [-0.05, 0) is 40.3 Å². The van der Waals surface area contributed by atoms with Crippen LogP contribution in [0.2, 0.25) is 0 Å². The van der Waals surface area contributed by atoms with Crippen molar-refractivity contribution in [2.24, 2.45) is 0 Å². The SMILES string of the molecule is Fc1cc2[nH]c(=S)n(CCn3cccn3)c2cc1Br. The second kappa shape index (κ2) is 4.90. The summed E-state index contributed by atoms with van der Waals surface area (Å²) in [6.07, 6.45) is 3.63. The van der Waals surface area contributed by atoms with E-state index in [2.05, 4.69) is 26.0 Å². The molecular formula is C12H10BrFN4S. The molecule has 0 fully saturated rings. The first-order chi connectivity index (χ1) is 9.15. The van der Waals surface area contributed by atoms with Gasteiger partial charge in [0.2, 0.25) is 0 Å². The minimum absolute atomic E-state index is 0.303. The van der Waals surface area contributed by atoms with Gasteiger partial charge in [-0.25, -0.2) is 4.39 Å². The van der Waals surface area contributed by atoms with Gasteiger partial charge in [0.15, 0.2) is 4.77 Å². The number of aromatic nitrogens is 4. The summed E-state index contributed by atoms with van der Waals surface area (Å²) in [5.74, 6) is -0.303. The van der Waals surface area contributed by atoms with Crippen LogP contribution in [0.1, 0.15) is 0 Å². The lowest BCUT2D eigenvalue weighted by Crippen LogP contribution is -2.07. The number of aromatic amines is 1. The summed E-state index contributed by atoms with van der Waals surface area (Å²) in [4.78, 5) is 3.01. The van der Waals surface area contributed by atoms with E-state index in [1.165, 1.54) is 6.07 Å². The molecule has 4 nitrogen and oxygen atoms in total. The average Bonchev–Trinajstić information content (AvgIpc) is 2.96. The normalized spacial score (nSPS) is 11.3. The van der Waals surface area contributed by atoms with Crippen molar-refractivity contribution < 1.29 is 4.39 Å². The summed E-state index contributed by atoms with van der Waals surface area (Å²) >= 11 is 8.47. The lowest BCUT2D eigenvalue weighted by molar-refractivity contribution is 0.537. The molecule has 0 saturated carbocycles. The lowest BCUT2D eigenvalue weighted by atomic mass is 10.3. The molecule has 2 heterocycles. The Morgan fingerprint density at radius 2 is 2.21 bits per heavy atom. The molecule has 0 saturated heterocycles. The zero-order valence-corrected chi connectivity index (χ0v) is 12.2. The molecule has 0 unspecified atom stereocenters. The van der Waals surface area contributed by atoms with Crippen LogP contribution in [0, 0.1) is 10.6 Å². The summed E-state index contributed by atoms with van der Waals surface area (Å²) in [6.45, 7) is 1.39. The summed E-state index contributed by atoms with van der Waals surface area (Å²) in [6, 6.07) is 5.06. The Bertz CT molecular complexity index is 775. The Morgan fingerprint density at radius 3 is 2.95 bits per heavy atom. The second-order valence-electron chi connectivity index (χ2n) is 4.13. The Labute approximate surface area is 122 Å².